The second-order valence-electron chi connectivity index (χ2n) is 6.89. The zero-order chi connectivity index (χ0) is 14.3. The maximum absolute atomic E-state index is 12.7. The van der Waals surface area contributed by atoms with E-state index < -0.39 is 5.41 Å². The maximum Gasteiger partial charge on any atom is 0.240 e. The SMILES string of the molecule is CNC(=O)C1(C)CCN(C(=O)C2NCC3CCCC32)C1. The third-order valence-electron chi connectivity index (χ3n) is 5.57. The van der Waals surface area contributed by atoms with Crippen molar-refractivity contribution in [2.45, 2.75) is 38.6 Å². The van der Waals surface area contributed by atoms with Crippen LogP contribution in [0.3, 0.4) is 0 Å². The first-order chi connectivity index (χ1) is 9.55. The quantitative estimate of drug-likeness (QED) is 0.767. The van der Waals surface area contributed by atoms with Gasteiger partial charge >= 0.3 is 0 Å². The molecule has 2 saturated heterocycles. The van der Waals surface area contributed by atoms with Crippen molar-refractivity contribution in [2.24, 2.45) is 17.3 Å². The molecule has 2 aliphatic heterocycles. The van der Waals surface area contributed by atoms with E-state index in [1.807, 2.05) is 11.8 Å². The van der Waals surface area contributed by atoms with Crippen molar-refractivity contribution >= 4 is 11.8 Å². The van der Waals surface area contributed by atoms with E-state index in [0.717, 1.165) is 13.0 Å². The van der Waals surface area contributed by atoms with E-state index in [4.69, 9.17) is 0 Å². The molecule has 4 unspecified atom stereocenters. The molecule has 1 aliphatic carbocycles. The van der Waals surface area contributed by atoms with Gasteiger partial charge in [-0.2, -0.15) is 0 Å². The second-order valence-corrected chi connectivity index (χ2v) is 6.89. The van der Waals surface area contributed by atoms with Gasteiger partial charge in [0.25, 0.3) is 0 Å². The molecule has 0 aromatic rings. The van der Waals surface area contributed by atoms with E-state index in [0.29, 0.717) is 24.9 Å². The van der Waals surface area contributed by atoms with Gasteiger partial charge < -0.3 is 15.5 Å². The minimum atomic E-state index is -0.419. The fourth-order valence-corrected chi connectivity index (χ4v) is 4.29. The Morgan fingerprint density at radius 1 is 1.35 bits per heavy atom. The monoisotopic (exact) mass is 279 g/mol. The van der Waals surface area contributed by atoms with Crippen molar-refractivity contribution in [1.29, 1.82) is 0 Å². The van der Waals surface area contributed by atoms with E-state index in [1.54, 1.807) is 7.05 Å². The van der Waals surface area contributed by atoms with Crippen LogP contribution in [0.4, 0.5) is 0 Å². The summed E-state index contributed by atoms with van der Waals surface area (Å²) < 4.78 is 0. The smallest absolute Gasteiger partial charge is 0.240 e. The van der Waals surface area contributed by atoms with Gasteiger partial charge in [-0.3, -0.25) is 9.59 Å². The lowest BCUT2D eigenvalue weighted by Crippen LogP contribution is -2.47. The minimum absolute atomic E-state index is 0.00506. The lowest BCUT2D eigenvalue weighted by atomic mass is 9.89. The normalized spacial score (nSPS) is 39.9. The van der Waals surface area contributed by atoms with Crippen LogP contribution in [0.2, 0.25) is 0 Å². The molecular formula is C15H25N3O2. The standard InChI is InChI=1S/C15H25N3O2/c1-15(14(20)16-2)6-7-18(9-15)13(19)12-11-5-3-4-10(11)8-17-12/h10-12,17H,3-9H2,1-2H3,(H,16,20). The molecule has 2 N–H and O–H groups in total. The van der Waals surface area contributed by atoms with Gasteiger partial charge in [-0.25, -0.2) is 0 Å². The molecule has 5 heteroatoms. The Hall–Kier alpha value is -1.10. The number of carbonyl (C=O) groups excluding carboxylic acids is 2. The number of nitrogens with zero attached hydrogens (tertiary/aromatic N) is 1. The Balaban J connectivity index is 1.66. The highest BCUT2D eigenvalue weighted by atomic mass is 16.2. The zero-order valence-electron chi connectivity index (χ0n) is 12.4. The predicted octanol–water partition coefficient (Wildman–Crippen LogP) is 0.359. The Morgan fingerprint density at radius 3 is 2.90 bits per heavy atom. The summed E-state index contributed by atoms with van der Waals surface area (Å²) in [4.78, 5) is 26.6. The van der Waals surface area contributed by atoms with Crippen LogP contribution in [0.25, 0.3) is 0 Å². The average molecular weight is 279 g/mol. The third kappa shape index (κ3) is 2.12. The topological polar surface area (TPSA) is 61.4 Å². The molecule has 0 radical (unpaired) electrons. The Morgan fingerprint density at radius 2 is 2.15 bits per heavy atom. The van der Waals surface area contributed by atoms with Gasteiger partial charge in [0.05, 0.1) is 11.5 Å². The van der Waals surface area contributed by atoms with Crippen molar-refractivity contribution in [3.05, 3.63) is 0 Å². The van der Waals surface area contributed by atoms with Gasteiger partial charge in [0.2, 0.25) is 11.8 Å². The molecule has 112 valence electrons. The van der Waals surface area contributed by atoms with Crippen LogP contribution in [-0.4, -0.2) is 49.4 Å². The number of likely N-dealkylation sites (tertiary alicyclic amines) is 1. The van der Waals surface area contributed by atoms with Crippen LogP contribution >= 0.6 is 0 Å². The molecule has 20 heavy (non-hydrogen) atoms. The van der Waals surface area contributed by atoms with Gasteiger partial charge in [0, 0.05) is 20.1 Å². The summed E-state index contributed by atoms with van der Waals surface area (Å²) in [6.07, 6.45) is 4.46. The lowest BCUT2D eigenvalue weighted by molar-refractivity contribution is -0.134. The number of carbonyl (C=O) groups is 2. The fourth-order valence-electron chi connectivity index (χ4n) is 4.29. The number of hydrogen-bond donors (Lipinski definition) is 2. The molecule has 2 amide bonds. The van der Waals surface area contributed by atoms with Gasteiger partial charge in [-0.05, 0) is 44.6 Å². The largest absolute Gasteiger partial charge is 0.359 e. The van der Waals surface area contributed by atoms with Gasteiger partial charge in [0.15, 0.2) is 0 Å². The Bertz CT molecular complexity index is 425. The highest BCUT2D eigenvalue weighted by Gasteiger charge is 2.47. The molecule has 5 nitrogen and oxygen atoms in total. The van der Waals surface area contributed by atoms with E-state index in [-0.39, 0.29) is 17.9 Å². The summed E-state index contributed by atoms with van der Waals surface area (Å²) in [6, 6.07) is -0.00506. The van der Waals surface area contributed by atoms with E-state index in [1.165, 1.54) is 19.3 Å². The summed E-state index contributed by atoms with van der Waals surface area (Å²) in [5.41, 5.74) is -0.419. The molecule has 3 rings (SSSR count). The first-order valence-corrected chi connectivity index (χ1v) is 7.79. The number of amides is 2. The highest BCUT2D eigenvalue weighted by Crippen LogP contribution is 2.39. The minimum Gasteiger partial charge on any atom is -0.359 e. The Labute approximate surface area is 120 Å². The maximum atomic E-state index is 12.7. The number of rotatable bonds is 2. The third-order valence-corrected chi connectivity index (χ3v) is 5.57. The molecule has 0 aromatic carbocycles. The summed E-state index contributed by atoms with van der Waals surface area (Å²) >= 11 is 0. The van der Waals surface area contributed by atoms with Crippen molar-refractivity contribution < 1.29 is 9.59 Å². The number of hydrogen-bond acceptors (Lipinski definition) is 3. The second kappa shape index (κ2) is 5.02. The number of nitrogens with one attached hydrogen (secondary N) is 2. The average Bonchev–Trinajstić information content (AvgIpc) is 3.11. The summed E-state index contributed by atoms with van der Waals surface area (Å²) in [7, 11) is 1.67. The van der Waals surface area contributed by atoms with Crippen LogP contribution in [-0.2, 0) is 9.59 Å². The van der Waals surface area contributed by atoms with Crippen molar-refractivity contribution in [1.82, 2.24) is 15.5 Å². The van der Waals surface area contributed by atoms with E-state index in [2.05, 4.69) is 10.6 Å². The molecule has 0 spiro atoms. The number of fused-ring (bicyclic) bond motifs is 1. The summed E-state index contributed by atoms with van der Waals surface area (Å²) in [6.45, 7) is 4.21. The van der Waals surface area contributed by atoms with E-state index >= 15 is 0 Å². The molecule has 4 atom stereocenters. The van der Waals surface area contributed by atoms with Crippen molar-refractivity contribution in [2.75, 3.05) is 26.7 Å². The highest BCUT2D eigenvalue weighted by molar-refractivity contribution is 5.87. The summed E-state index contributed by atoms with van der Waals surface area (Å²) in [5.74, 6) is 1.48. The van der Waals surface area contributed by atoms with Crippen LogP contribution < -0.4 is 10.6 Å². The molecule has 0 bridgehead atoms. The predicted molar refractivity (Wildman–Crippen MR) is 76.0 cm³/mol. The van der Waals surface area contributed by atoms with Gasteiger partial charge in [-0.15, -0.1) is 0 Å². The van der Waals surface area contributed by atoms with Crippen molar-refractivity contribution in [3.63, 3.8) is 0 Å². The molecule has 0 aromatic heterocycles. The lowest BCUT2D eigenvalue weighted by Gasteiger charge is -2.26. The summed E-state index contributed by atoms with van der Waals surface area (Å²) in [5, 5.41) is 6.14. The van der Waals surface area contributed by atoms with Crippen LogP contribution in [0, 0.1) is 17.3 Å². The first kappa shape index (κ1) is 13.9. The van der Waals surface area contributed by atoms with Crippen LogP contribution in [0.15, 0.2) is 0 Å². The van der Waals surface area contributed by atoms with Crippen molar-refractivity contribution in [3.8, 4) is 0 Å². The van der Waals surface area contributed by atoms with Gasteiger partial charge in [0.1, 0.15) is 0 Å². The molecule has 3 fully saturated rings. The van der Waals surface area contributed by atoms with Crippen LogP contribution in [0.5, 0.6) is 0 Å². The molecule has 2 heterocycles. The fraction of sp³-hybridized carbons (Fsp3) is 0.867. The van der Waals surface area contributed by atoms with Gasteiger partial charge in [-0.1, -0.05) is 6.42 Å². The molecule has 1 saturated carbocycles. The van der Waals surface area contributed by atoms with Crippen LogP contribution in [0.1, 0.15) is 32.6 Å². The molecule has 3 aliphatic rings. The Kier molecular flexibility index (Phi) is 3.48. The zero-order valence-corrected chi connectivity index (χ0v) is 12.4. The first-order valence-electron chi connectivity index (χ1n) is 7.79. The molecular weight excluding hydrogens is 254 g/mol. The van der Waals surface area contributed by atoms with E-state index in [9.17, 15) is 9.59 Å².